The molecule has 6 heteroatoms. The van der Waals surface area contributed by atoms with Gasteiger partial charge in [0, 0.05) is 17.0 Å². The molecule has 2 atom stereocenters. The lowest BCUT2D eigenvalue weighted by Gasteiger charge is -2.21. The predicted octanol–water partition coefficient (Wildman–Crippen LogP) is 4.27. The van der Waals surface area contributed by atoms with Crippen LogP contribution < -0.4 is 5.73 Å². The van der Waals surface area contributed by atoms with E-state index in [4.69, 9.17) is 22.1 Å². The van der Waals surface area contributed by atoms with Gasteiger partial charge < -0.3 is 15.6 Å². The number of carbonyl (C=O) groups is 2. The topological polar surface area (TPSA) is 89.6 Å². The average Bonchev–Trinajstić information content (AvgIpc) is 3.07. The predicted molar refractivity (Wildman–Crippen MR) is 119 cm³/mol. The standard InChI is InChI=1S/C25H22ClNO4/c26-16-11-9-15(10-12-16)13-22(27)23(24(28)29)25(30)31-14-21-19-7-3-1-5-17(19)18-6-2-4-8-20(18)21/h1-12,21-23H,13-14,27H2,(H,28,29)/t22-,23-/m1/s1. The quantitative estimate of drug-likeness (QED) is 0.427. The fourth-order valence-corrected chi connectivity index (χ4v) is 4.29. The van der Waals surface area contributed by atoms with Crippen LogP contribution in [0.1, 0.15) is 22.6 Å². The van der Waals surface area contributed by atoms with Crippen molar-refractivity contribution in [1.29, 1.82) is 0 Å². The smallest absolute Gasteiger partial charge is 0.321 e. The van der Waals surface area contributed by atoms with Crippen molar-refractivity contribution in [1.82, 2.24) is 0 Å². The summed E-state index contributed by atoms with van der Waals surface area (Å²) in [6.07, 6.45) is 0.221. The molecule has 0 radical (unpaired) electrons. The molecule has 0 bridgehead atoms. The number of carboxylic acid groups (broad SMARTS) is 1. The monoisotopic (exact) mass is 435 g/mol. The Kier molecular flexibility index (Phi) is 6.07. The van der Waals surface area contributed by atoms with Crippen LogP contribution in [0.3, 0.4) is 0 Å². The summed E-state index contributed by atoms with van der Waals surface area (Å²) in [5, 5.41) is 10.2. The van der Waals surface area contributed by atoms with Gasteiger partial charge in [0.2, 0.25) is 0 Å². The molecule has 0 heterocycles. The Morgan fingerprint density at radius 3 is 2.03 bits per heavy atom. The second-order valence-corrected chi connectivity index (χ2v) is 8.10. The van der Waals surface area contributed by atoms with Gasteiger partial charge in [0.05, 0.1) is 0 Å². The van der Waals surface area contributed by atoms with E-state index in [1.165, 1.54) is 0 Å². The van der Waals surface area contributed by atoms with Crippen molar-refractivity contribution in [2.45, 2.75) is 18.4 Å². The molecule has 3 aromatic carbocycles. The highest BCUT2D eigenvalue weighted by Crippen LogP contribution is 2.44. The van der Waals surface area contributed by atoms with Crippen LogP contribution in [-0.4, -0.2) is 29.7 Å². The molecule has 1 aliphatic carbocycles. The van der Waals surface area contributed by atoms with Gasteiger partial charge in [0.15, 0.2) is 5.92 Å². The second kappa shape index (κ2) is 8.92. The molecule has 3 aromatic rings. The van der Waals surface area contributed by atoms with Gasteiger partial charge in [-0.05, 0) is 46.4 Å². The lowest BCUT2D eigenvalue weighted by Crippen LogP contribution is -2.43. The fourth-order valence-electron chi connectivity index (χ4n) is 4.16. The van der Waals surface area contributed by atoms with Crippen LogP contribution in [0, 0.1) is 5.92 Å². The summed E-state index contributed by atoms with van der Waals surface area (Å²) < 4.78 is 5.52. The molecule has 0 aromatic heterocycles. The van der Waals surface area contributed by atoms with Gasteiger partial charge in [-0.15, -0.1) is 0 Å². The fraction of sp³-hybridized carbons (Fsp3) is 0.200. The number of halogens is 1. The molecule has 4 rings (SSSR count). The zero-order valence-corrected chi connectivity index (χ0v) is 17.5. The number of carbonyl (C=O) groups excluding carboxylic acids is 1. The minimum atomic E-state index is -1.46. The number of carboxylic acids is 1. The van der Waals surface area contributed by atoms with Crippen LogP contribution in [0.2, 0.25) is 5.02 Å². The minimum absolute atomic E-state index is 0.0598. The van der Waals surface area contributed by atoms with E-state index >= 15 is 0 Å². The van der Waals surface area contributed by atoms with Gasteiger partial charge in [0.25, 0.3) is 0 Å². The molecule has 0 spiro atoms. The zero-order chi connectivity index (χ0) is 22.0. The Morgan fingerprint density at radius 2 is 1.48 bits per heavy atom. The largest absolute Gasteiger partial charge is 0.481 e. The van der Waals surface area contributed by atoms with Crippen LogP contribution in [0.25, 0.3) is 11.1 Å². The normalized spacial score (nSPS) is 14.4. The molecule has 0 saturated carbocycles. The van der Waals surface area contributed by atoms with Crippen molar-refractivity contribution in [2.75, 3.05) is 6.61 Å². The van der Waals surface area contributed by atoms with Crippen molar-refractivity contribution in [3.63, 3.8) is 0 Å². The highest BCUT2D eigenvalue weighted by molar-refractivity contribution is 6.30. The van der Waals surface area contributed by atoms with E-state index in [9.17, 15) is 14.7 Å². The summed E-state index contributed by atoms with van der Waals surface area (Å²) in [5.41, 5.74) is 11.3. The summed E-state index contributed by atoms with van der Waals surface area (Å²) in [6.45, 7) is 0.0598. The Labute approximate surface area is 185 Å². The van der Waals surface area contributed by atoms with Gasteiger partial charge in [-0.2, -0.15) is 0 Å². The van der Waals surface area contributed by atoms with Crippen molar-refractivity contribution in [3.8, 4) is 11.1 Å². The molecule has 1 aliphatic rings. The summed E-state index contributed by atoms with van der Waals surface area (Å²) in [4.78, 5) is 24.6. The number of rotatable bonds is 7. The Hall–Kier alpha value is -3.15. The number of hydrogen-bond acceptors (Lipinski definition) is 4. The van der Waals surface area contributed by atoms with Gasteiger partial charge >= 0.3 is 11.9 Å². The number of esters is 1. The molecule has 3 N–H and O–H groups in total. The van der Waals surface area contributed by atoms with E-state index < -0.39 is 23.9 Å². The van der Waals surface area contributed by atoms with E-state index in [1.807, 2.05) is 48.5 Å². The van der Waals surface area contributed by atoms with Gasteiger partial charge in [0.1, 0.15) is 6.61 Å². The first-order valence-corrected chi connectivity index (χ1v) is 10.4. The molecule has 0 aliphatic heterocycles. The number of ether oxygens (including phenoxy) is 1. The Morgan fingerprint density at radius 1 is 0.935 bits per heavy atom. The van der Waals surface area contributed by atoms with Crippen molar-refractivity contribution in [2.24, 2.45) is 11.7 Å². The zero-order valence-electron chi connectivity index (χ0n) is 16.7. The van der Waals surface area contributed by atoms with Crippen molar-refractivity contribution >= 4 is 23.5 Å². The average molecular weight is 436 g/mol. The second-order valence-electron chi connectivity index (χ2n) is 7.67. The van der Waals surface area contributed by atoms with Crippen LogP contribution >= 0.6 is 11.6 Å². The third kappa shape index (κ3) is 4.33. The maximum absolute atomic E-state index is 12.7. The summed E-state index contributed by atoms with van der Waals surface area (Å²) in [6, 6.07) is 21.9. The summed E-state index contributed by atoms with van der Waals surface area (Å²) in [7, 11) is 0. The number of aliphatic carboxylic acids is 1. The summed E-state index contributed by atoms with van der Waals surface area (Å²) in [5.74, 6) is -3.71. The molecule has 31 heavy (non-hydrogen) atoms. The lowest BCUT2D eigenvalue weighted by molar-refractivity contribution is -0.159. The molecular formula is C25H22ClNO4. The maximum atomic E-state index is 12.7. The molecule has 5 nitrogen and oxygen atoms in total. The van der Waals surface area contributed by atoms with Crippen LogP contribution in [0.15, 0.2) is 72.8 Å². The molecule has 0 fully saturated rings. The van der Waals surface area contributed by atoms with Crippen LogP contribution in [0.4, 0.5) is 0 Å². The third-order valence-electron chi connectivity index (χ3n) is 5.69. The molecule has 0 amide bonds. The van der Waals surface area contributed by atoms with E-state index in [-0.39, 0.29) is 18.9 Å². The number of nitrogens with two attached hydrogens (primary N) is 1. The van der Waals surface area contributed by atoms with E-state index in [0.29, 0.717) is 5.02 Å². The third-order valence-corrected chi connectivity index (χ3v) is 5.94. The number of benzene rings is 3. The van der Waals surface area contributed by atoms with Crippen molar-refractivity contribution in [3.05, 3.63) is 94.5 Å². The first-order chi connectivity index (χ1) is 15.0. The van der Waals surface area contributed by atoms with Crippen LogP contribution in [-0.2, 0) is 20.7 Å². The van der Waals surface area contributed by atoms with E-state index in [2.05, 4.69) is 0 Å². The highest BCUT2D eigenvalue weighted by atomic mass is 35.5. The van der Waals surface area contributed by atoms with Gasteiger partial charge in [-0.3, -0.25) is 9.59 Å². The Bertz CT molecular complexity index is 1070. The van der Waals surface area contributed by atoms with E-state index in [1.54, 1.807) is 24.3 Å². The summed E-state index contributed by atoms with van der Waals surface area (Å²) >= 11 is 5.89. The molecule has 158 valence electrons. The number of hydrogen-bond donors (Lipinski definition) is 2. The first kappa shape index (κ1) is 21.1. The SMILES string of the molecule is N[C@H](Cc1ccc(Cl)cc1)[C@H](C(=O)O)C(=O)OCC1c2ccccc2-c2ccccc21. The Balaban J connectivity index is 1.49. The van der Waals surface area contributed by atoms with Crippen LogP contribution in [0.5, 0.6) is 0 Å². The first-order valence-electron chi connectivity index (χ1n) is 10.0. The maximum Gasteiger partial charge on any atom is 0.321 e. The van der Waals surface area contributed by atoms with Gasteiger partial charge in [-0.25, -0.2) is 0 Å². The lowest BCUT2D eigenvalue weighted by atomic mass is 9.94. The molecular weight excluding hydrogens is 414 g/mol. The molecule has 0 unspecified atom stereocenters. The number of fused-ring (bicyclic) bond motifs is 3. The minimum Gasteiger partial charge on any atom is -0.481 e. The van der Waals surface area contributed by atoms with Crippen molar-refractivity contribution < 1.29 is 19.4 Å². The van der Waals surface area contributed by atoms with E-state index in [0.717, 1.165) is 27.8 Å². The molecule has 0 saturated heterocycles. The highest BCUT2D eigenvalue weighted by Gasteiger charge is 2.36. The van der Waals surface area contributed by atoms with Gasteiger partial charge in [-0.1, -0.05) is 72.3 Å².